The smallest absolute Gasteiger partial charge is 0.308 e. The molecule has 0 saturated carbocycles. The normalized spacial score (nSPS) is 24.8. The van der Waals surface area contributed by atoms with E-state index < -0.39 is 0 Å². The Kier molecular flexibility index (Phi) is 5.91. The summed E-state index contributed by atoms with van der Waals surface area (Å²) >= 11 is 0. The highest BCUT2D eigenvalue weighted by molar-refractivity contribution is 5.72. The summed E-state index contributed by atoms with van der Waals surface area (Å²) in [4.78, 5) is 16.4. The Balaban J connectivity index is 1.85. The Morgan fingerprint density at radius 1 is 1.33 bits per heavy atom. The predicted octanol–water partition coefficient (Wildman–Crippen LogP) is 1.55. The lowest BCUT2D eigenvalue weighted by atomic mass is 9.94. The average Bonchev–Trinajstić information content (AvgIpc) is 2.52. The zero-order valence-electron chi connectivity index (χ0n) is 13.4. The maximum atomic E-state index is 11.6. The molecule has 2 aliphatic rings. The molecule has 0 aromatic rings. The second-order valence-electron chi connectivity index (χ2n) is 6.16. The molecular weight excluding hydrogens is 266 g/mol. The first-order chi connectivity index (χ1) is 10.2. The molecule has 2 rings (SSSR count). The summed E-state index contributed by atoms with van der Waals surface area (Å²) < 4.78 is 4.84. The SMILES string of the molecule is CCCCN1C=C(N)C(N2CCC(C(=O)OC)CC2)CC1. The maximum Gasteiger partial charge on any atom is 0.308 e. The van der Waals surface area contributed by atoms with E-state index >= 15 is 0 Å². The van der Waals surface area contributed by atoms with E-state index in [1.54, 1.807) is 0 Å². The fourth-order valence-corrected chi connectivity index (χ4v) is 3.36. The van der Waals surface area contributed by atoms with Crippen LogP contribution in [-0.2, 0) is 9.53 Å². The van der Waals surface area contributed by atoms with Crippen LogP contribution in [0.3, 0.4) is 0 Å². The molecule has 1 atom stereocenters. The molecule has 1 fully saturated rings. The lowest BCUT2D eigenvalue weighted by Crippen LogP contribution is -2.48. The van der Waals surface area contributed by atoms with Gasteiger partial charge in [-0.2, -0.15) is 0 Å². The van der Waals surface area contributed by atoms with Crippen molar-refractivity contribution in [3.05, 3.63) is 11.9 Å². The molecule has 1 unspecified atom stereocenters. The number of hydrogen-bond donors (Lipinski definition) is 1. The number of methoxy groups -OCH3 is 1. The van der Waals surface area contributed by atoms with Crippen LogP contribution >= 0.6 is 0 Å². The minimum Gasteiger partial charge on any atom is -0.469 e. The van der Waals surface area contributed by atoms with Gasteiger partial charge < -0.3 is 15.4 Å². The van der Waals surface area contributed by atoms with Gasteiger partial charge in [0.2, 0.25) is 0 Å². The fraction of sp³-hybridized carbons (Fsp3) is 0.812. The standard InChI is InChI=1S/C16H29N3O2/c1-3-4-8-18-9-7-15(14(17)12-18)19-10-5-13(6-11-19)16(20)21-2/h12-13,15H,3-11,17H2,1-2H3. The van der Waals surface area contributed by atoms with Crippen LogP contribution in [-0.4, -0.2) is 55.1 Å². The number of nitrogens with two attached hydrogens (primary N) is 1. The van der Waals surface area contributed by atoms with Gasteiger partial charge in [-0.15, -0.1) is 0 Å². The monoisotopic (exact) mass is 295 g/mol. The molecule has 1 saturated heterocycles. The van der Waals surface area contributed by atoms with Gasteiger partial charge in [0.25, 0.3) is 0 Å². The minimum absolute atomic E-state index is 0.0625. The van der Waals surface area contributed by atoms with E-state index in [-0.39, 0.29) is 11.9 Å². The van der Waals surface area contributed by atoms with E-state index in [2.05, 4.69) is 22.9 Å². The summed E-state index contributed by atoms with van der Waals surface area (Å²) in [5, 5.41) is 0. The fourth-order valence-electron chi connectivity index (χ4n) is 3.36. The largest absolute Gasteiger partial charge is 0.469 e. The molecular formula is C16H29N3O2. The number of hydrogen-bond acceptors (Lipinski definition) is 5. The van der Waals surface area contributed by atoms with Crippen LogP contribution in [0.5, 0.6) is 0 Å². The number of carbonyl (C=O) groups is 1. The lowest BCUT2D eigenvalue weighted by Gasteiger charge is -2.40. The van der Waals surface area contributed by atoms with E-state index in [0.717, 1.165) is 51.1 Å². The van der Waals surface area contributed by atoms with Crippen molar-refractivity contribution < 1.29 is 9.53 Å². The van der Waals surface area contributed by atoms with Crippen molar-refractivity contribution in [1.82, 2.24) is 9.80 Å². The molecule has 2 heterocycles. The number of ether oxygens (including phenoxy) is 1. The third kappa shape index (κ3) is 4.13. The van der Waals surface area contributed by atoms with Gasteiger partial charge in [0.15, 0.2) is 0 Å². The topological polar surface area (TPSA) is 58.8 Å². The van der Waals surface area contributed by atoms with Crippen LogP contribution in [0.15, 0.2) is 11.9 Å². The lowest BCUT2D eigenvalue weighted by molar-refractivity contribution is -0.147. The van der Waals surface area contributed by atoms with Gasteiger partial charge in [-0.25, -0.2) is 0 Å². The van der Waals surface area contributed by atoms with E-state index in [0.29, 0.717) is 6.04 Å². The molecule has 0 aromatic carbocycles. The van der Waals surface area contributed by atoms with Crippen LogP contribution in [0.2, 0.25) is 0 Å². The molecule has 2 aliphatic heterocycles. The number of nitrogens with zero attached hydrogens (tertiary/aromatic N) is 2. The van der Waals surface area contributed by atoms with Gasteiger partial charge in [-0.1, -0.05) is 13.3 Å². The Morgan fingerprint density at radius 2 is 2.05 bits per heavy atom. The van der Waals surface area contributed by atoms with Gasteiger partial charge in [0.1, 0.15) is 0 Å². The zero-order chi connectivity index (χ0) is 15.2. The predicted molar refractivity (Wildman–Crippen MR) is 83.5 cm³/mol. The molecule has 0 amide bonds. The van der Waals surface area contributed by atoms with Crippen LogP contribution in [0, 0.1) is 5.92 Å². The summed E-state index contributed by atoms with van der Waals surface area (Å²) in [6.07, 6.45) is 7.44. The van der Waals surface area contributed by atoms with E-state index in [9.17, 15) is 4.79 Å². The highest BCUT2D eigenvalue weighted by Crippen LogP contribution is 2.25. The summed E-state index contributed by atoms with van der Waals surface area (Å²) in [6.45, 7) is 6.28. The Morgan fingerprint density at radius 3 is 2.62 bits per heavy atom. The number of unbranched alkanes of at least 4 members (excludes halogenated alkanes) is 1. The molecule has 0 aliphatic carbocycles. The number of carbonyl (C=O) groups excluding carboxylic acids is 1. The third-order valence-electron chi connectivity index (χ3n) is 4.71. The number of esters is 1. The van der Waals surface area contributed by atoms with Crippen molar-refractivity contribution in [2.75, 3.05) is 33.3 Å². The Bertz CT molecular complexity index is 376. The second kappa shape index (κ2) is 7.69. The van der Waals surface area contributed by atoms with E-state index in [1.165, 1.54) is 20.0 Å². The third-order valence-corrected chi connectivity index (χ3v) is 4.71. The van der Waals surface area contributed by atoms with E-state index in [4.69, 9.17) is 10.5 Å². The van der Waals surface area contributed by atoms with E-state index in [1.807, 2.05) is 0 Å². The van der Waals surface area contributed by atoms with Gasteiger partial charge >= 0.3 is 5.97 Å². The molecule has 21 heavy (non-hydrogen) atoms. The van der Waals surface area contributed by atoms with Crippen molar-refractivity contribution in [2.45, 2.75) is 45.1 Å². The van der Waals surface area contributed by atoms with Crippen molar-refractivity contribution in [1.29, 1.82) is 0 Å². The molecule has 0 aromatic heterocycles. The van der Waals surface area contributed by atoms with Crippen LogP contribution < -0.4 is 5.73 Å². The number of piperidine rings is 1. The summed E-state index contributed by atoms with van der Waals surface area (Å²) in [6, 6.07) is 0.349. The molecule has 5 nitrogen and oxygen atoms in total. The molecule has 5 heteroatoms. The van der Waals surface area contributed by atoms with Crippen molar-refractivity contribution in [2.24, 2.45) is 11.7 Å². The Labute approximate surface area is 128 Å². The quantitative estimate of drug-likeness (QED) is 0.780. The molecule has 0 radical (unpaired) electrons. The first-order valence-corrected chi connectivity index (χ1v) is 8.18. The van der Waals surface area contributed by atoms with Crippen molar-refractivity contribution in [3.63, 3.8) is 0 Å². The number of rotatable bonds is 5. The maximum absolute atomic E-state index is 11.6. The highest BCUT2D eigenvalue weighted by atomic mass is 16.5. The van der Waals surface area contributed by atoms with Crippen LogP contribution in [0.25, 0.3) is 0 Å². The highest BCUT2D eigenvalue weighted by Gasteiger charge is 2.31. The average molecular weight is 295 g/mol. The Hall–Kier alpha value is -1.23. The first kappa shape index (κ1) is 16.1. The van der Waals surface area contributed by atoms with Crippen molar-refractivity contribution in [3.8, 4) is 0 Å². The van der Waals surface area contributed by atoms with Crippen LogP contribution in [0.4, 0.5) is 0 Å². The van der Waals surface area contributed by atoms with Crippen LogP contribution in [0.1, 0.15) is 39.0 Å². The molecule has 0 spiro atoms. The van der Waals surface area contributed by atoms with Gasteiger partial charge in [-0.3, -0.25) is 9.69 Å². The summed E-state index contributed by atoms with van der Waals surface area (Å²) in [5.74, 6) is 0.00801. The van der Waals surface area contributed by atoms with Crippen molar-refractivity contribution >= 4 is 5.97 Å². The zero-order valence-corrected chi connectivity index (χ0v) is 13.4. The molecule has 120 valence electrons. The second-order valence-corrected chi connectivity index (χ2v) is 6.16. The summed E-state index contributed by atoms with van der Waals surface area (Å²) in [7, 11) is 1.47. The molecule has 0 bridgehead atoms. The van der Waals surface area contributed by atoms with Gasteiger partial charge in [-0.05, 0) is 38.8 Å². The van der Waals surface area contributed by atoms with Gasteiger partial charge in [0.05, 0.1) is 19.1 Å². The summed E-state index contributed by atoms with van der Waals surface area (Å²) in [5.41, 5.74) is 7.26. The van der Waals surface area contributed by atoms with Gasteiger partial charge in [0, 0.05) is 25.0 Å². The number of likely N-dealkylation sites (tertiary alicyclic amines) is 1. The first-order valence-electron chi connectivity index (χ1n) is 8.18. The molecule has 2 N–H and O–H groups in total. The minimum atomic E-state index is -0.0625.